The predicted octanol–water partition coefficient (Wildman–Crippen LogP) is 0.952. The summed E-state index contributed by atoms with van der Waals surface area (Å²) in [5.41, 5.74) is 1.48. The van der Waals surface area contributed by atoms with Gasteiger partial charge in [0, 0.05) is 25.2 Å². The lowest BCUT2D eigenvalue weighted by molar-refractivity contribution is -0.122. The lowest BCUT2D eigenvalue weighted by atomic mass is 10.1. The number of carbonyl (C=O) groups is 1. The molecule has 88 valence electrons. The number of nitrogens with one attached hydrogen (secondary N) is 2. The number of aromatic nitrogens is 1. The van der Waals surface area contributed by atoms with E-state index in [4.69, 9.17) is 5.26 Å². The van der Waals surface area contributed by atoms with Gasteiger partial charge in [0.15, 0.2) is 0 Å². The van der Waals surface area contributed by atoms with Gasteiger partial charge in [-0.15, -0.1) is 0 Å². The zero-order valence-corrected chi connectivity index (χ0v) is 9.66. The smallest absolute Gasteiger partial charge is 0.220 e. The van der Waals surface area contributed by atoms with Gasteiger partial charge in [-0.3, -0.25) is 4.79 Å². The fourth-order valence-electron chi connectivity index (χ4n) is 1.86. The molecule has 1 aromatic rings. The normalized spacial score (nSPS) is 19.3. The maximum atomic E-state index is 11.0. The Kier molecular flexibility index (Phi) is 3.24. The Morgan fingerprint density at radius 2 is 2.47 bits per heavy atom. The van der Waals surface area contributed by atoms with Crippen LogP contribution in [-0.2, 0) is 4.79 Å². The van der Waals surface area contributed by atoms with Crippen LogP contribution in [0.15, 0.2) is 12.3 Å². The Labute approximate surface area is 99.9 Å². The minimum Gasteiger partial charge on any atom is -0.364 e. The highest BCUT2D eigenvalue weighted by atomic mass is 16.1. The highest BCUT2D eigenvalue weighted by Crippen LogP contribution is 2.17. The molecule has 1 unspecified atom stereocenters. The van der Waals surface area contributed by atoms with E-state index in [0.717, 1.165) is 12.0 Å². The molecule has 2 N–H and O–H groups in total. The van der Waals surface area contributed by atoms with E-state index < -0.39 is 0 Å². The highest BCUT2D eigenvalue weighted by molar-refractivity contribution is 5.77. The standard InChI is InChI=1S/C12H14N4O/c1-8-4-5-14-12(10(8)6-13)16-9-2-3-11(17)15-7-9/h4-5,9H,2-3,7H2,1H3,(H,14,16)(H,15,17). The van der Waals surface area contributed by atoms with Crippen LogP contribution in [0.3, 0.4) is 0 Å². The maximum Gasteiger partial charge on any atom is 0.220 e. The van der Waals surface area contributed by atoms with Crippen molar-refractivity contribution in [2.24, 2.45) is 0 Å². The number of carbonyl (C=O) groups excluding carboxylic acids is 1. The number of rotatable bonds is 2. The number of nitrogens with zero attached hydrogens (tertiary/aromatic N) is 2. The van der Waals surface area contributed by atoms with Gasteiger partial charge in [-0.05, 0) is 25.0 Å². The van der Waals surface area contributed by atoms with Gasteiger partial charge in [0.05, 0.1) is 5.56 Å². The molecule has 5 nitrogen and oxygen atoms in total. The molecule has 17 heavy (non-hydrogen) atoms. The molecule has 1 saturated heterocycles. The fourth-order valence-corrected chi connectivity index (χ4v) is 1.86. The third-order valence-electron chi connectivity index (χ3n) is 2.88. The van der Waals surface area contributed by atoms with Gasteiger partial charge in [0.25, 0.3) is 0 Å². The first-order valence-electron chi connectivity index (χ1n) is 5.59. The molecular weight excluding hydrogens is 216 g/mol. The summed E-state index contributed by atoms with van der Waals surface area (Å²) in [5.74, 6) is 0.689. The quantitative estimate of drug-likeness (QED) is 0.793. The van der Waals surface area contributed by atoms with Crippen LogP contribution < -0.4 is 10.6 Å². The minimum absolute atomic E-state index is 0.0840. The topological polar surface area (TPSA) is 77.8 Å². The Hall–Kier alpha value is -2.09. The van der Waals surface area contributed by atoms with Gasteiger partial charge < -0.3 is 10.6 Å². The Bertz CT molecular complexity index is 468. The lowest BCUT2D eigenvalue weighted by Gasteiger charge is -2.24. The number of amides is 1. The zero-order chi connectivity index (χ0) is 12.3. The van der Waals surface area contributed by atoms with Gasteiger partial charge >= 0.3 is 0 Å². The first-order chi connectivity index (χ1) is 8.20. The summed E-state index contributed by atoms with van der Waals surface area (Å²) in [4.78, 5) is 15.2. The molecule has 0 aromatic carbocycles. The fraction of sp³-hybridized carbons (Fsp3) is 0.417. The van der Waals surface area contributed by atoms with E-state index in [1.807, 2.05) is 13.0 Å². The van der Waals surface area contributed by atoms with Gasteiger partial charge in [-0.1, -0.05) is 0 Å². The number of aryl methyl sites for hydroxylation is 1. The van der Waals surface area contributed by atoms with Crippen LogP contribution in [-0.4, -0.2) is 23.5 Å². The summed E-state index contributed by atoms with van der Waals surface area (Å²) >= 11 is 0. The average molecular weight is 230 g/mol. The highest BCUT2D eigenvalue weighted by Gasteiger charge is 2.19. The summed E-state index contributed by atoms with van der Waals surface area (Å²) in [6, 6.07) is 4.11. The van der Waals surface area contributed by atoms with Crippen LogP contribution in [0.4, 0.5) is 5.82 Å². The molecular formula is C12H14N4O. The van der Waals surface area contributed by atoms with Crippen molar-refractivity contribution in [1.82, 2.24) is 10.3 Å². The van der Waals surface area contributed by atoms with Crippen LogP contribution in [0.2, 0.25) is 0 Å². The van der Waals surface area contributed by atoms with Crippen molar-refractivity contribution in [2.45, 2.75) is 25.8 Å². The molecule has 0 radical (unpaired) electrons. The molecule has 0 saturated carbocycles. The molecule has 1 amide bonds. The van der Waals surface area contributed by atoms with Crippen LogP contribution in [0.1, 0.15) is 24.0 Å². The van der Waals surface area contributed by atoms with Crippen LogP contribution >= 0.6 is 0 Å². The molecule has 0 aliphatic carbocycles. The van der Waals surface area contributed by atoms with E-state index in [1.54, 1.807) is 6.20 Å². The van der Waals surface area contributed by atoms with E-state index in [2.05, 4.69) is 21.7 Å². The van der Waals surface area contributed by atoms with Crippen LogP contribution in [0.25, 0.3) is 0 Å². The second-order valence-electron chi connectivity index (χ2n) is 4.15. The molecule has 1 aromatic heterocycles. The molecule has 1 aliphatic rings. The number of pyridine rings is 1. The number of nitriles is 1. The predicted molar refractivity (Wildman–Crippen MR) is 63.3 cm³/mol. The summed E-state index contributed by atoms with van der Waals surface area (Å²) < 4.78 is 0. The molecule has 0 bridgehead atoms. The van der Waals surface area contributed by atoms with Gasteiger partial charge in [-0.2, -0.15) is 5.26 Å². The first kappa shape index (κ1) is 11.4. The Morgan fingerprint density at radius 3 is 3.12 bits per heavy atom. The average Bonchev–Trinajstić information content (AvgIpc) is 2.32. The SMILES string of the molecule is Cc1ccnc(NC2CCC(=O)NC2)c1C#N. The van der Waals surface area contributed by atoms with E-state index in [1.165, 1.54) is 0 Å². The van der Waals surface area contributed by atoms with Crippen molar-refractivity contribution < 1.29 is 4.79 Å². The van der Waals surface area contributed by atoms with Crippen molar-refractivity contribution in [1.29, 1.82) is 5.26 Å². The Morgan fingerprint density at radius 1 is 1.65 bits per heavy atom. The van der Waals surface area contributed by atoms with Crippen molar-refractivity contribution in [3.05, 3.63) is 23.4 Å². The van der Waals surface area contributed by atoms with E-state index in [9.17, 15) is 4.79 Å². The number of hydrogen-bond acceptors (Lipinski definition) is 4. The van der Waals surface area contributed by atoms with Gasteiger partial charge in [-0.25, -0.2) is 4.98 Å². The van der Waals surface area contributed by atoms with Crippen LogP contribution in [0.5, 0.6) is 0 Å². The van der Waals surface area contributed by atoms with Gasteiger partial charge in [0.2, 0.25) is 5.91 Å². The van der Waals surface area contributed by atoms with Crippen molar-refractivity contribution in [3.8, 4) is 6.07 Å². The van der Waals surface area contributed by atoms with E-state index in [-0.39, 0.29) is 11.9 Å². The molecule has 2 heterocycles. The van der Waals surface area contributed by atoms with E-state index in [0.29, 0.717) is 24.3 Å². The number of anilines is 1. The number of piperidine rings is 1. The number of hydrogen-bond donors (Lipinski definition) is 2. The third kappa shape index (κ3) is 2.53. The zero-order valence-electron chi connectivity index (χ0n) is 9.66. The molecule has 0 spiro atoms. The Balaban J connectivity index is 2.11. The summed E-state index contributed by atoms with van der Waals surface area (Å²) in [6.45, 7) is 2.47. The van der Waals surface area contributed by atoms with Crippen LogP contribution in [0, 0.1) is 18.3 Å². The lowest BCUT2D eigenvalue weighted by Crippen LogP contribution is -2.42. The molecule has 5 heteroatoms. The molecule has 1 fully saturated rings. The van der Waals surface area contributed by atoms with Crippen molar-refractivity contribution in [3.63, 3.8) is 0 Å². The first-order valence-corrected chi connectivity index (χ1v) is 5.59. The largest absolute Gasteiger partial charge is 0.364 e. The maximum absolute atomic E-state index is 11.0. The summed E-state index contributed by atoms with van der Waals surface area (Å²) in [5, 5.41) is 15.1. The summed E-state index contributed by atoms with van der Waals surface area (Å²) in [6.07, 6.45) is 2.97. The van der Waals surface area contributed by atoms with E-state index >= 15 is 0 Å². The monoisotopic (exact) mass is 230 g/mol. The minimum atomic E-state index is 0.0840. The van der Waals surface area contributed by atoms with Gasteiger partial charge in [0.1, 0.15) is 11.9 Å². The second-order valence-corrected chi connectivity index (χ2v) is 4.15. The van der Waals surface area contributed by atoms with Crippen molar-refractivity contribution >= 4 is 11.7 Å². The molecule has 2 rings (SSSR count). The third-order valence-corrected chi connectivity index (χ3v) is 2.88. The molecule has 1 atom stereocenters. The molecule has 1 aliphatic heterocycles. The second kappa shape index (κ2) is 4.83. The summed E-state index contributed by atoms with van der Waals surface area (Å²) in [7, 11) is 0. The van der Waals surface area contributed by atoms with Crippen molar-refractivity contribution in [2.75, 3.05) is 11.9 Å².